The quantitative estimate of drug-likeness (QED) is 0.883. The van der Waals surface area contributed by atoms with Crippen molar-refractivity contribution in [3.63, 3.8) is 0 Å². The molecule has 3 N–H and O–H groups in total. The molecule has 2 aromatic rings. The number of aromatic nitrogens is 2. The maximum Gasteiger partial charge on any atom is 0.146 e. The first kappa shape index (κ1) is 15.2. The Bertz CT molecular complexity index is 649. The second kappa shape index (κ2) is 6.49. The van der Waals surface area contributed by atoms with E-state index in [4.69, 9.17) is 26.8 Å². The molecule has 0 spiro atoms. The van der Waals surface area contributed by atoms with Gasteiger partial charge in [-0.1, -0.05) is 18.5 Å². The molecule has 0 unspecified atom stereocenters. The summed E-state index contributed by atoms with van der Waals surface area (Å²) < 4.78 is 10.5. The second-order valence-electron chi connectivity index (χ2n) is 4.26. The maximum absolute atomic E-state index is 6.14. The first-order valence-corrected chi connectivity index (χ1v) is 6.77. The van der Waals surface area contributed by atoms with Crippen molar-refractivity contribution in [1.82, 2.24) is 9.97 Å². The lowest BCUT2D eigenvalue weighted by molar-refractivity contribution is 0.396. The van der Waals surface area contributed by atoms with Gasteiger partial charge in [0, 0.05) is 18.6 Å². The van der Waals surface area contributed by atoms with Crippen LogP contribution in [0.2, 0.25) is 5.02 Å². The molecule has 0 fully saturated rings. The highest BCUT2D eigenvalue weighted by molar-refractivity contribution is 6.32. The summed E-state index contributed by atoms with van der Waals surface area (Å²) >= 11 is 6.14. The minimum atomic E-state index is 0.405. The van der Waals surface area contributed by atoms with Crippen LogP contribution in [0, 0.1) is 0 Å². The predicted molar refractivity (Wildman–Crippen MR) is 83.7 cm³/mol. The van der Waals surface area contributed by atoms with Crippen molar-refractivity contribution in [1.29, 1.82) is 0 Å². The number of hydrogen-bond acceptors (Lipinski definition) is 6. The minimum absolute atomic E-state index is 0.405. The Labute approximate surface area is 128 Å². The zero-order chi connectivity index (χ0) is 15.4. The van der Waals surface area contributed by atoms with Gasteiger partial charge in [0.1, 0.15) is 29.0 Å². The summed E-state index contributed by atoms with van der Waals surface area (Å²) in [6.45, 7) is 1.96. The third-order valence-corrected chi connectivity index (χ3v) is 3.14. The van der Waals surface area contributed by atoms with Gasteiger partial charge in [0.15, 0.2) is 0 Å². The van der Waals surface area contributed by atoms with Gasteiger partial charge in [0.25, 0.3) is 0 Å². The van der Waals surface area contributed by atoms with E-state index >= 15 is 0 Å². The van der Waals surface area contributed by atoms with E-state index in [-0.39, 0.29) is 0 Å². The largest absolute Gasteiger partial charge is 0.495 e. The van der Waals surface area contributed by atoms with Gasteiger partial charge in [-0.3, -0.25) is 0 Å². The standard InChI is InChI=1S/C14H17ClN4O2/c1-4-13-18-12(16)7-14(19-13)17-9-5-8(15)10(20-2)6-11(9)21-3/h5-7H,4H2,1-3H3,(H3,16,17,18,19). The molecule has 0 aliphatic rings. The third-order valence-electron chi connectivity index (χ3n) is 2.85. The van der Waals surface area contributed by atoms with E-state index in [2.05, 4.69) is 15.3 Å². The Hall–Kier alpha value is -2.21. The van der Waals surface area contributed by atoms with Gasteiger partial charge >= 0.3 is 0 Å². The maximum atomic E-state index is 6.14. The van der Waals surface area contributed by atoms with E-state index in [0.29, 0.717) is 46.1 Å². The van der Waals surface area contributed by atoms with Crippen LogP contribution < -0.4 is 20.5 Å². The van der Waals surface area contributed by atoms with Gasteiger partial charge in [-0.25, -0.2) is 9.97 Å². The summed E-state index contributed by atoms with van der Waals surface area (Å²) in [6.07, 6.45) is 0.695. The van der Waals surface area contributed by atoms with Gasteiger partial charge < -0.3 is 20.5 Å². The van der Waals surface area contributed by atoms with Crippen molar-refractivity contribution in [2.24, 2.45) is 0 Å². The number of anilines is 3. The second-order valence-corrected chi connectivity index (χ2v) is 4.67. The Morgan fingerprint density at radius 1 is 1.14 bits per heavy atom. The number of nitrogen functional groups attached to an aromatic ring is 1. The topological polar surface area (TPSA) is 82.3 Å². The van der Waals surface area contributed by atoms with Crippen LogP contribution in [0.25, 0.3) is 0 Å². The molecule has 0 radical (unpaired) electrons. The smallest absolute Gasteiger partial charge is 0.146 e. The van der Waals surface area contributed by atoms with Gasteiger partial charge in [0.05, 0.1) is 24.9 Å². The lowest BCUT2D eigenvalue weighted by Crippen LogP contribution is -2.03. The molecule has 0 atom stereocenters. The van der Waals surface area contributed by atoms with Crippen LogP contribution in [0.1, 0.15) is 12.7 Å². The van der Waals surface area contributed by atoms with E-state index in [1.807, 2.05) is 6.92 Å². The predicted octanol–water partition coefficient (Wildman–Crippen LogP) is 3.04. The van der Waals surface area contributed by atoms with Crippen molar-refractivity contribution < 1.29 is 9.47 Å². The molecule has 21 heavy (non-hydrogen) atoms. The average molecular weight is 309 g/mol. The molecule has 7 heteroatoms. The van der Waals surface area contributed by atoms with E-state index in [0.717, 1.165) is 0 Å². The molecule has 0 saturated carbocycles. The Morgan fingerprint density at radius 2 is 1.86 bits per heavy atom. The number of halogens is 1. The zero-order valence-electron chi connectivity index (χ0n) is 12.1. The fourth-order valence-corrected chi connectivity index (χ4v) is 2.08. The van der Waals surface area contributed by atoms with E-state index in [1.165, 1.54) is 0 Å². The molecule has 1 heterocycles. The van der Waals surface area contributed by atoms with Crippen LogP contribution in [0.4, 0.5) is 17.3 Å². The molecule has 0 bridgehead atoms. The van der Waals surface area contributed by atoms with Gasteiger partial charge in [-0.05, 0) is 6.07 Å². The van der Waals surface area contributed by atoms with Crippen LogP contribution in [0.3, 0.4) is 0 Å². The summed E-state index contributed by atoms with van der Waals surface area (Å²) in [7, 11) is 3.12. The van der Waals surface area contributed by atoms with Crippen molar-refractivity contribution in [2.75, 3.05) is 25.3 Å². The Kier molecular flexibility index (Phi) is 4.70. The molecule has 0 saturated heterocycles. The number of methoxy groups -OCH3 is 2. The highest BCUT2D eigenvalue weighted by atomic mass is 35.5. The molecule has 0 aliphatic heterocycles. The number of nitrogens with one attached hydrogen (secondary N) is 1. The van der Waals surface area contributed by atoms with E-state index < -0.39 is 0 Å². The van der Waals surface area contributed by atoms with Gasteiger partial charge in [-0.2, -0.15) is 0 Å². The molecular formula is C14H17ClN4O2. The number of rotatable bonds is 5. The molecule has 0 amide bonds. The number of aryl methyl sites for hydroxylation is 1. The number of nitrogens with two attached hydrogens (primary N) is 1. The van der Waals surface area contributed by atoms with Crippen LogP contribution >= 0.6 is 11.6 Å². The zero-order valence-corrected chi connectivity index (χ0v) is 12.9. The van der Waals surface area contributed by atoms with Gasteiger partial charge in [0.2, 0.25) is 0 Å². The number of benzene rings is 1. The van der Waals surface area contributed by atoms with Crippen molar-refractivity contribution in [3.8, 4) is 11.5 Å². The number of nitrogens with zero attached hydrogens (tertiary/aromatic N) is 2. The summed E-state index contributed by atoms with van der Waals surface area (Å²) in [4.78, 5) is 8.49. The van der Waals surface area contributed by atoms with Crippen LogP contribution in [0.5, 0.6) is 11.5 Å². The SMILES string of the molecule is CCc1nc(N)cc(Nc2cc(Cl)c(OC)cc2OC)n1. The lowest BCUT2D eigenvalue weighted by atomic mass is 10.2. The summed E-state index contributed by atoms with van der Waals surface area (Å²) in [6, 6.07) is 5.07. The summed E-state index contributed by atoms with van der Waals surface area (Å²) in [5, 5.41) is 3.61. The van der Waals surface area contributed by atoms with Crippen LogP contribution in [-0.4, -0.2) is 24.2 Å². The lowest BCUT2D eigenvalue weighted by Gasteiger charge is -2.14. The number of hydrogen-bond donors (Lipinski definition) is 2. The van der Waals surface area contributed by atoms with Crippen LogP contribution in [-0.2, 0) is 6.42 Å². The highest BCUT2D eigenvalue weighted by Gasteiger charge is 2.11. The van der Waals surface area contributed by atoms with Crippen LogP contribution in [0.15, 0.2) is 18.2 Å². The van der Waals surface area contributed by atoms with Crippen molar-refractivity contribution in [3.05, 3.63) is 29.0 Å². The Balaban J connectivity index is 2.39. The first-order valence-electron chi connectivity index (χ1n) is 6.39. The van der Waals surface area contributed by atoms with Crippen molar-refractivity contribution in [2.45, 2.75) is 13.3 Å². The monoisotopic (exact) mass is 308 g/mol. The molecule has 1 aromatic heterocycles. The van der Waals surface area contributed by atoms with E-state index in [1.54, 1.807) is 32.4 Å². The molecule has 0 aliphatic carbocycles. The average Bonchev–Trinajstić information content (AvgIpc) is 2.47. The summed E-state index contributed by atoms with van der Waals surface area (Å²) in [5.41, 5.74) is 6.44. The van der Waals surface area contributed by atoms with Gasteiger partial charge in [-0.15, -0.1) is 0 Å². The molecule has 6 nitrogen and oxygen atoms in total. The molecular weight excluding hydrogens is 292 g/mol. The normalized spacial score (nSPS) is 10.3. The Morgan fingerprint density at radius 3 is 2.48 bits per heavy atom. The number of ether oxygens (including phenoxy) is 2. The van der Waals surface area contributed by atoms with Crippen molar-refractivity contribution >= 4 is 28.9 Å². The molecule has 112 valence electrons. The van der Waals surface area contributed by atoms with E-state index in [9.17, 15) is 0 Å². The fraction of sp³-hybridized carbons (Fsp3) is 0.286. The highest BCUT2D eigenvalue weighted by Crippen LogP contribution is 2.37. The first-order chi connectivity index (χ1) is 10.1. The molecule has 1 aromatic carbocycles. The summed E-state index contributed by atoms with van der Waals surface area (Å²) in [5.74, 6) is 2.78. The fourth-order valence-electron chi connectivity index (χ4n) is 1.84. The molecule has 2 rings (SSSR count). The third kappa shape index (κ3) is 3.46. The minimum Gasteiger partial charge on any atom is -0.495 e.